The first-order valence-corrected chi connectivity index (χ1v) is 14.2. The highest BCUT2D eigenvalue weighted by Crippen LogP contribution is 2.34. The van der Waals surface area contributed by atoms with Crippen molar-refractivity contribution in [2.75, 3.05) is 7.11 Å². The quantitative estimate of drug-likeness (QED) is 0.175. The Bertz CT molecular complexity index is 1810. The molecule has 0 saturated carbocycles. The van der Waals surface area contributed by atoms with Gasteiger partial charge in [0.05, 0.1) is 7.11 Å². The summed E-state index contributed by atoms with van der Waals surface area (Å²) in [6.07, 6.45) is 0. The predicted molar refractivity (Wildman–Crippen MR) is 173 cm³/mol. The zero-order chi connectivity index (χ0) is 29.6. The van der Waals surface area contributed by atoms with Crippen LogP contribution in [0.4, 0.5) is 0 Å². The zero-order valence-corrected chi connectivity index (χ0v) is 24.4. The fourth-order valence-electron chi connectivity index (χ4n) is 4.74. The summed E-state index contributed by atoms with van der Waals surface area (Å²) in [6, 6.07) is 46.2. The van der Waals surface area contributed by atoms with Crippen LogP contribution in [-0.2, 0) is 0 Å². The molecular formula is C39H32O4. The van der Waals surface area contributed by atoms with E-state index in [4.69, 9.17) is 18.9 Å². The number of ether oxygens (including phenoxy) is 4. The van der Waals surface area contributed by atoms with E-state index in [9.17, 15) is 0 Å². The minimum absolute atomic E-state index is 0.711. The molecule has 0 radical (unpaired) electrons. The molecule has 4 heteroatoms. The molecule has 0 bridgehead atoms. The smallest absolute Gasteiger partial charge is 0.134 e. The van der Waals surface area contributed by atoms with Gasteiger partial charge in [0.1, 0.15) is 40.2 Å². The molecule has 212 valence electrons. The lowest BCUT2D eigenvalue weighted by Crippen LogP contribution is -1.91. The van der Waals surface area contributed by atoms with Crippen LogP contribution in [0.25, 0.3) is 22.3 Å². The number of rotatable bonds is 9. The van der Waals surface area contributed by atoms with Crippen molar-refractivity contribution >= 4 is 0 Å². The van der Waals surface area contributed by atoms with E-state index in [-0.39, 0.29) is 0 Å². The molecule has 0 aromatic heterocycles. The van der Waals surface area contributed by atoms with Gasteiger partial charge < -0.3 is 18.9 Å². The molecule has 0 saturated heterocycles. The lowest BCUT2D eigenvalue weighted by Gasteiger charge is -2.13. The summed E-state index contributed by atoms with van der Waals surface area (Å²) in [5.41, 5.74) is 6.56. The van der Waals surface area contributed by atoms with Gasteiger partial charge in [0, 0.05) is 6.07 Å². The third-order valence-electron chi connectivity index (χ3n) is 7.26. The van der Waals surface area contributed by atoms with Gasteiger partial charge in [-0.25, -0.2) is 0 Å². The highest BCUT2D eigenvalue weighted by Gasteiger charge is 2.08. The van der Waals surface area contributed by atoms with Gasteiger partial charge in [-0.1, -0.05) is 72.8 Å². The zero-order valence-electron chi connectivity index (χ0n) is 24.4. The van der Waals surface area contributed by atoms with Gasteiger partial charge in [-0.2, -0.15) is 0 Å². The topological polar surface area (TPSA) is 36.9 Å². The van der Waals surface area contributed by atoms with E-state index in [1.807, 2.05) is 117 Å². The van der Waals surface area contributed by atoms with E-state index in [1.165, 1.54) is 0 Å². The summed E-state index contributed by atoms with van der Waals surface area (Å²) < 4.78 is 23.7. The number of hydrogen-bond donors (Lipinski definition) is 0. The van der Waals surface area contributed by atoms with Crippen LogP contribution in [-0.4, -0.2) is 7.11 Å². The fraction of sp³-hybridized carbons (Fsp3) is 0.0769. The predicted octanol–water partition coefficient (Wildman–Crippen LogP) is 11.0. The number of benzene rings is 6. The summed E-state index contributed by atoms with van der Waals surface area (Å²) >= 11 is 0. The van der Waals surface area contributed by atoms with Gasteiger partial charge >= 0.3 is 0 Å². The molecular weight excluding hydrogens is 532 g/mol. The van der Waals surface area contributed by atoms with Crippen LogP contribution in [0.15, 0.2) is 140 Å². The molecule has 6 aromatic rings. The SMILES string of the molecule is COc1ccc(-c2ccc(Oc3ccc(C)c(Oc4ccc(-c5ccc(Oc6ccccc6C)cc5)cc4)c3)cc2)cc1. The van der Waals surface area contributed by atoms with Crippen LogP contribution in [0.5, 0.6) is 40.2 Å². The van der Waals surface area contributed by atoms with E-state index in [0.29, 0.717) is 5.75 Å². The van der Waals surface area contributed by atoms with Crippen LogP contribution in [0, 0.1) is 13.8 Å². The Morgan fingerprint density at radius 3 is 1.23 bits per heavy atom. The van der Waals surface area contributed by atoms with Gasteiger partial charge in [0.15, 0.2) is 0 Å². The molecule has 0 spiro atoms. The van der Waals surface area contributed by atoms with Gasteiger partial charge in [-0.3, -0.25) is 0 Å². The summed E-state index contributed by atoms with van der Waals surface area (Å²) in [4.78, 5) is 0. The van der Waals surface area contributed by atoms with Crippen molar-refractivity contribution in [2.24, 2.45) is 0 Å². The highest BCUT2D eigenvalue weighted by atomic mass is 16.5. The van der Waals surface area contributed by atoms with Crippen LogP contribution in [0.2, 0.25) is 0 Å². The van der Waals surface area contributed by atoms with E-state index >= 15 is 0 Å². The molecule has 6 rings (SSSR count). The fourth-order valence-corrected chi connectivity index (χ4v) is 4.74. The van der Waals surface area contributed by atoms with Gasteiger partial charge in [0.2, 0.25) is 0 Å². The van der Waals surface area contributed by atoms with Crippen LogP contribution < -0.4 is 18.9 Å². The first kappa shape index (κ1) is 27.7. The second-order valence-corrected chi connectivity index (χ2v) is 10.3. The Morgan fingerprint density at radius 1 is 0.349 bits per heavy atom. The first-order chi connectivity index (χ1) is 21.0. The second-order valence-electron chi connectivity index (χ2n) is 10.3. The standard InChI is InChI=1S/C39H32O4/c1-27-6-4-5-7-38(27)42-35-22-13-31(14-23-35)32-15-24-36(25-16-32)43-39-26-37(17-8-28(39)2)41-34-20-11-30(12-21-34)29-9-18-33(40-3)19-10-29/h4-26H,1-3H3. The Balaban J connectivity index is 1.10. The lowest BCUT2D eigenvalue weighted by molar-refractivity contribution is 0.415. The molecule has 4 nitrogen and oxygen atoms in total. The molecule has 0 aliphatic rings. The lowest BCUT2D eigenvalue weighted by atomic mass is 10.1. The van der Waals surface area contributed by atoms with Crippen LogP contribution in [0.1, 0.15) is 11.1 Å². The molecule has 0 N–H and O–H groups in total. The van der Waals surface area contributed by atoms with Gasteiger partial charge in [0.25, 0.3) is 0 Å². The van der Waals surface area contributed by atoms with Crippen LogP contribution >= 0.6 is 0 Å². The van der Waals surface area contributed by atoms with Gasteiger partial charge in [-0.15, -0.1) is 0 Å². The molecule has 0 unspecified atom stereocenters. The molecule has 0 fully saturated rings. The summed E-state index contributed by atoms with van der Waals surface area (Å²) in [7, 11) is 1.67. The number of para-hydroxylation sites is 1. The second kappa shape index (κ2) is 12.6. The highest BCUT2D eigenvalue weighted by molar-refractivity contribution is 5.66. The Labute approximate surface area is 252 Å². The van der Waals surface area contributed by atoms with Crippen molar-refractivity contribution in [1.82, 2.24) is 0 Å². The number of aryl methyl sites for hydroxylation is 2. The molecule has 0 atom stereocenters. The maximum atomic E-state index is 6.26. The van der Waals surface area contributed by atoms with Crippen molar-refractivity contribution in [1.29, 1.82) is 0 Å². The molecule has 0 heterocycles. The summed E-state index contributed by atoms with van der Waals surface area (Å²) in [6.45, 7) is 4.07. The minimum atomic E-state index is 0.711. The summed E-state index contributed by atoms with van der Waals surface area (Å²) in [5, 5.41) is 0. The maximum absolute atomic E-state index is 6.26. The molecule has 43 heavy (non-hydrogen) atoms. The summed E-state index contributed by atoms with van der Waals surface area (Å²) in [5.74, 6) is 5.49. The average Bonchev–Trinajstić information content (AvgIpc) is 3.05. The Kier molecular flexibility index (Phi) is 8.10. The molecule has 0 aliphatic carbocycles. The van der Waals surface area contributed by atoms with Crippen molar-refractivity contribution in [3.05, 3.63) is 151 Å². The van der Waals surface area contributed by atoms with Crippen molar-refractivity contribution in [3.8, 4) is 62.5 Å². The van der Waals surface area contributed by atoms with Gasteiger partial charge in [-0.05, 0) is 108 Å². The van der Waals surface area contributed by atoms with E-state index in [1.54, 1.807) is 7.11 Å². The maximum Gasteiger partial charge on any atom is 0.134 e. The molecule has 0 aliphatic heterocycles. The van der Waals surface area contributed by atoms with E-state index in [0.717, 1.165) is 67.9 Å². The van der Waals surface area contributed by atoms with Crippen molar-refractivity contribution < 1.29 is 18.9 Å². The number of hydrogen-bond acceptors (Lipinski definition) is 4. The van der Waals surface area contributed by atoms with E-state index in [2.05, 4.69) is 36.4 Å². The third-order valence-corrected chi connectivity index (χ3v) is 7.26. The average molecular weight is 565 g/mol. The Morgan fingerprint density at radius 2 is 0.744 bits per heavy atom. The van der Waals surface area contributed by atoms with E-state index < -0.39 is 0 Å². The van der Waals surface area contributed by atoms with Crippen molar-refractivity contribution in [3.63, 3.8) is 0 Å². The van der Waals surface area contributed by atoms with Crippen molar-refractivity contribution in [2.45, 2.75) is 13.8 Å². The monoisotopic (exact) mass is 564 g/mol. The molecule has 0 amide bonds. The van der Waals surface area contributed by atoms with Crippen LogP contribution in [0.3, 0.4) is 0 Å². The third kappa shape index (κ3) is 6.71. The minimum Gasteiger partial charge on any atom is -0.497 e. The Hall–Kier alpha value is -5.48. The largest absolute Gasteiger partial charge is 0.497 e. The molecule has 6 aromatic carbocycles. The number of methoxy groups -OCH3 is 1. The normalized spacial score (nSPS) is 10.7. The first-order valence-electron chi connectivity index (χ1n) is 14.2.